The average Bonchev–Trinajstić information content (AvgIpc) is 3.26. The molecular formula is C30H24ClN3O6S. The number of esters is 1. The van der Waals surface area contributed by atoms with Gasteiger partial charge in [-0.1, -0.05) is 47.2 Å². The van der Waals surface area contributed by atoms with Gasteiger partial charge in [0.15, 0.2) is 4.80 Å². The number of fused-ring (bicyclic) bond motifs is 1. The Morgan fingerprint density at radius 1 is 1.15 bits per heavy atom. The summed E-state index contributed by atoms with van der Waals surface area (Å²) in [5, 5.41) is 11.4. The number of benzene rings is 3. The van der Waals surface area contributed by atoms with Crippen LogP contribution < -0.4 is 19.6 Å². The molecular weight excluding hydrogens is 566 g/mol. The number of nitro groups is 1. The Morgan fingerprint density at radius 3 is 2.56 bits per heavy atom. The fourth-order valence-corrected chi connectivity index (χ4v) is 5.65. The number of nitro benzene ring substituents is 1. The monoisotopic (exact) mass is 589 g/mol. The molecule has 1 unspecified atom stereocenters. The van der Waals surface area contributed by atoms with E-state index in [9.17, 15) is 19.7 Å². The van der Waals surface area contributed by atoms with E-state index in [1.807, 2.05) is 12.1 Å². The normalized spacial score (nSPS) is 14.8. The van der Waals surface area contributed by atoms with Crippen molar-refractivity contribution < 1.29 is 19.2 Å². The smallest absolute Gasteiger partial charge is 0.338 e. The van der Waals surface area contributed by atoms with E-state index >= 15 is 0 Å². The van der Waals surface area contributed by atoms with Gasteiger partial charge in [0.2, 0.25) is 0 Å². The number of halogens is 1. The molecule has 1 atom stereocenters. The van der Waals surface area contributed by atoms with Gasteiger partial charge in [-0.05, 0) is 73.0 Å². The van der Waals surface area contributed by atoms with Crippen LogP contribution in [0.25, 0.3) is 6.08 Å². The highest BCUT2D eigenvalue weighted by Crippen LogP contribution is 2.31. The summed E-state index contributed by atoms with van der Waals surface area (Å²) in [5.41, 5.74) is 2.74. The number of hydrogen-bond donors (Lipinski definition) is 0. The molecule has 9 nitrogen and oxygen atoms in total. The van der Waals surface area contributed by atoms with Gasteiger partial charge in [-0.25, -0.2) is 9.79 Å². The van der Waals surface area contributed by atoms with Gasteiger partial charge in [-0.3, -0.25) is 19.5 Å². The van der Waals surface area contributed by atoms with Gasteiger partial charge in [0, 0.05) is 17.2 Å². The van der Waals surface area contributed by atoms with Crippen molar-refractivity contribution in [3.63, 3.8) is 0 Å². The first kappa shape index (κ1) is 28.0. The lowest BCUT2D eigenvalue weighted by atomic mass is 9.96. The van der Waals surface area contributed by atoms with E-state index in [-0.39, 0.29) is 24.5 Å². The van der Waals surface area contributed by atoms with E-state index in [0.717, 1.165) is 11.1 Å². The quantitative estimate of drug-likeness (QED) is 0.163. The zero-order chi connectivity index (χ0) is 29.1. The van der Waals surface area contributed by atoms with Crippen molar-refractivity contribution >= 4 is 40.7 Å². The highest BCUT2D eigenvalue weighted by molar-refractivity contribution is 7.07. The van der Waals surface area contributed by atoms with Crippen molar-refractivity contribution in [1.29, 1.82) is 0 Å². The molecule has 0 saturated carbocycles. The minimum absolute atomic E-state index is 0.0140. The third-order valence-corrected chi connectivity index (χ3v) is 7.65. The first-order valence-corrected chi connectivity index (χ1v) is 13.9. The van der Waals surface area contributed by atoms with Gasteiger partial charge in [0.05, 0.1) is 33.4 Å². The molecule has 1 aromatic heterocycles. The van der Waals surface area contributed by atoms with Crippen molar-refractivity contribution in [2.24, 2.45) is 4.99 Å². The first-order valence-electron chi connectivity index (χ1n) is 12.7. The predicted octanol–water partition coefficient (Wildman–Crippen LogP) is 4.94. The molecule has 0 spiro atoms. The maximum absolute atomic E-state index is 13.8. The van der Waals surface area contributed by atoms with Crippen LogP contribution in [0.15, 0.2) is 93.9 Å². The highest BCUT2D eigenvalue weighted by Gasteiger charge is 2.33. The number of ether oxygens (including phenoxy) is 2. The molecule has 0 amide bonds. The SMILES string of the molecule is CCOC(=O)C1=C(C)N=c2sc(=Cc3cccc(OCc4ccc([N+](=O)[O-])cc4)c3)c(=O)n2C1c1ccc(Cl)cc1. The predicted molar refractivity (Wildman–Crippen MR) is 156 cm³/mol. The lowest BCUT2D eigenvalue weighted by molar-refractivity contribution is -0.384. The number of non-ortho nitro benzene ring substituents is 1. The Kier molecular flexibility index (Phi) is 8.14. The molecule has 41 heavy (non-hydrogen) atoms. The lowest BCUT2D eigenvalue weighted by Gasteiger charge is -2.24. The van der Waals surface area contributed by atoms with Crippen LogP contribution >= 0.6 is 22.9 Å². The summed E-state index contributed by atoms with van der Waals surface area (Å²) in [6.07, 6.45) is 1.75. The number of carbonyl (C=O) groups is 1. The van der Waals surface area contributed by atoms with Gasteiger partial charge >= 0.3 is 5.97 Å². The maximum atomic E-state index is 13.8. The number of aromatic nitrogens is 1. The van der Waals surface area contributed by atoms with E-state index in [1.54, 1.807) is 68.5 Å². The summed E-state index contributed by atoms with van der Waals surface area (Å²) in [7, 11) is 0. The first-order chi connectivity index (χ1) is 19.7. The molecule has 3 aromatic carbocycles. The average molecular weight is 590 g/mol. The highest BCUT2D eigenvalue weighted by atomic mass is 35.5. The summed E-state index contributed by atoms with van der Waals surface area (Å²) in [4.78, 5) is 42.3. The van der Waals surface area contributed by atoms with Crippen LogP contribution in [0.4, 0.5) is 5.69 Å². The van der Waals surface area contributed by atoms with E-state index in [0.29, 0.717) is 36.9 Å². The fourth-order valence-electron chi connectivity index (χ4n) is 4.48. The van der Waals surface area contributed by atoms with Crippen molar-refractivity contribution in [3.8, 4) is 5.75 Å². The number of hydrogen-bond acceptors (Lipinski definition) is 8. The fraction of sp³-hybridized carbons (Fsp3) is 0.167. The standard InChI is InChI=1S/C30H24ClN3O6S/c1-3-39-29(36)26-18(2)32-30-33(27(26)21-9-11-22(31)12-10-21)28(35)25(41-30)16-20-5-4-6-24(15-20)40-17-19-7-13-23(14-8-19)34(37)38/h4-16,27H,3,17H2,1-2H3. The van der Waals surface area contributed by atoms with E-state index in [1.165, 1.54) is 28.0 Å². The van der Waals surface area contributed by atoms with Gasteiger partial charge in [-0.2, -0.15) is 0 Å². The number of rotatable bonds is 8. The van der Waals surface area contributed by atoms with Crippen LogP contribution in [0.3, 0.4) is 0 Å². The number of allylic oxidation sites excluding steroid dienone is 1. The Balaban J connectivity index is 1.49. The molecule has 0 fully saturated rings. The van der Waals surface area contributed by atoms with Crippen LogP contribution in [0, 0.1) is 10.1 Å². The molecule has 1 aliphatic rings. The van der Waals surface area contributed by atoms with Gasteiger partial charge < -0.3 is 9.47 Å². The molecule has 5 rings (SSSR count). The zero-order valence-corrected chi connectivity index (χ0v) is 23.6. The molecule has 0 saturated heterocycles. The second-order valence-corrected chi connectivity index (χ2v) is 10.6. The second-order valence-electron chi connectivity index (χ2n) is 9.14. The summed E-state index contributed by atoms with van der Waals surface area (Å²) < 4.78 is 13.2. The summed E-state index contributed by atoms with van der Waals surface area (Å²) in [6, 6.07) is 19.7. The van der Waals surface area contributed by atoms with Gasteiger partial charge in [0.1, 0.15) is 12.4 Å². The molecule has 4 aromatic rings. The molecule has 0 bridgehead atoms. The molecule has 0 aliphatic carbocycles. The van der Waals surface area contributed by atoms with E-state index < -0.39 is 16.9 Å². The molecule has 0 radical (unpaired) electrons. The van der Waals surface area contributed by atoms with E-state index in [4.69, 9.17) is 21.1 Å². The Morgan fingerprint density at radius 2 is 1.88 bits per heavy atom. The Hall–Kier alpha value is -4.54. The number of carbonyl (C=O) groups excluding carboxylic acids is 1. The van der Waals surface area contributed by atoms with Crippen LogP contribution in [-0.2, 0) is 16.1 Å². The minimum Gasteiger partial charge on any atom is -0.489 e. The Bertz CT molecular complexity index is 1840. The summed E-state index contributed by atoms with van der Waals surface area (Å²) >= 11 is 7.34. The molecule has 1 aliphatic heterocycles. The van der Waals surface area contributed by atoms with Crippen molar-refractivity contribution in [3.05, 3.63) is 136 Å². The lowest BCUT2D eigenvalue weighted by Crippen LogP contribution is -2.39. The summed E-state index contributed by atoms with van der Waals surface area (Å²) in [5.74, 6) is 0.0465. The molecule has 2 heterocycles. The minimum atomic E-state index is -0.721. The topological polar surface area (TPSA) is 113 Å². The Labute approximate surface area is 243 Å². The van der Waals surface area contributed by atoms with Gasteiger partial charge in [-0.15, -0.1) is 0 Å². The number of nitrogens with zero attached hydrogens (tertiary/aromatic N) is 3. The van der Waals surface area contributed by atoms with Crippen LogP contribution in [0.2, 0.25) is 5.02 Å². The largest absolute Gasteiger partial charge is 0.489 e. The molecule has 11 heteroatoms. The van der Waals surface area contributed by atoms with Crippen molar-refractivity contribution in [2.45, 2.75) is 26.5 Å². The van der Waals surface area contributed by atoms with Crippen molar-refractivity contribution in [2.75, 3.05) is 6.61 Å². The maximum Gasteiger partial charge on any atom is 0.338 e. The van der Waals surface area contributed by atoms with E-state index in [2.05, 4.69) is 4.99 Å². The van der Waals surface area contributed by atoms with Crippen molar-refractivity contribution in [1.82, 2.24) is 4.57 Å². The molecule has 208 valence electrons. The third-order valence-electron chi connectivity index (χ3n) is 6.41. The second kappa shape index (κ2) is 11.9. The third kappa shape index (κ3) is 5.98. The van der Waals surface area contributed by atoms with Crippen LogP contribution in [0.5, 0.6) is 5.75 Å². The zero-order valence-electron chi connectivity index (χ0n) is 22.1. The van der Waals surface area contributed by atoms with Crippen LogP contribution in [0.1, 0.15) is 36.6 Å². The number of thiazole rings is 1. The summed E-state index contributed by atoms with van der Waals surface area (Å²) in [6.45, 7) is 3.87. The van der Waals surface area contributed by atoms with Gasteiger partial charge in [0.25, 0.3) is 11.2 Å². The molecule has 0 N–H and O–H groups in total. The van der Waals surface area contributed by atoms with Crippen LogP contribution in [-0.4, -0.2) is 22.1 Å².